The van der Waals surface area contributed by atoms with Gasteiger partial charge in [-0.05, 0) is 147 Å². The molecule has 2 aliphatic carbocycles. The summed E-state index contributed by atoms with van der Waals surface area (Å²) in [6.45, 7) is 9.23. The average Bonchev–Trinajstić information content (AvgIpc) is 3.56. The molecule has 2 aromatic rings. The molecule has 1 unspecified atom stereocenters. The van der Waals surface area contributed by atoms with Crippen LogP contribution in [0, 0.1) is 22.7 Å². The van der Waals surface area contributed by atoms with Crippen molar-refractivity contribution in [1.82, 2.24) is 9.80 Å². The van der Waals surface area contributed by atoms with Crippen molar-refractivity contribution in [2.45, 2.75) is 140 Å². The summed E-state index contributed by atoms with van der Waals surface area (Å²) in [5, 5.41) is 30.3. The summed E-state index contributed by atoms with van der Waals surface area (Å²) in [4.78, 5) is 36.3. The van der Waals surface area contributed by atoms with E-state index in [2.05, 4.69) is 12.1 Å². The Morgan fingerprint density at radius 2 is 1.13 bits per heavy atom. The van der Waals surface area contributed by atoms with Crippen molar-refractivity contribution in [3.8, 4) is 23.3 Å². The minimum Gasteiger partial charge on any atom is -0.394 e. The van der Waals surface area contributed by atoms with Crippen molar-refractivity contribution in [2.75, 3.05) is 42.8 Å². The van der Waals surface area contributed by atoms with Crippen LogP contribution >= 0.6 is 47.6 Å². The van der Waals surface area contributed by atoms with E-state index in [1.165, 1.54) is 21.9 Å². The number of aliphatic hydroxyl groups excluding tert-OH is 1. The average molecular weight is 926 g/mol. The molecule has 3 saturated heterocycles. The number of rotatable bonds is 13. The highest BCUT2D eigenvalue weighted by Crippen LogP contribution is 2.51. The lowest BCUT2D eigenvalue weighted by molar-refractivity contribution is -0.172. The molecule has 0 spiro atoms. The van der Waals surface area contributed by atoms with Gasteiger partial charge in [-0.25, -0.2) is 0 Å². The van der Waals surface area contributed by atoms with Crippen molar-refractivity contribution in [2.24, 2.45) is 0 Å². The van der Waals surface area contributed by atoms with E-state index in [0.717, 1.165) is 64.4 Å². The summed E-state index contributed by atoms with van der Waals surface area (Å²) in [6.07, 6.45) is 8.87. The highest BCUT2D eigenvalue weighted by molar-refractivity contribution is 7.80. The second-order valence-corrected chi connectivity index (χ2v) is 19.0. The van der Waals surface area contributed by atoms with Crippen molar-refractivity contribution >= 4 is 81.1 Å². The van der Waals surface area contributed by atoms with Crippen LogP contribution < -0.4 is 9.80 Å². The molecule has 17 heteroatoms. The summed E-state index contributed by atoms with van der Waals surface area (Å²) in [6, 6.07) is 10.4. The topological polar surface area (TPSA) is 152 Å². The van der Waals surface area contributed by atoms with E-state index in [0.29, 0.717) is 26.1 Å². The Labute approximate surface area is 384 Å². The molecule has 7 rings (SSSR count). The van der Waals surface area contributed by atoms with Gasteiger partial charge < -0.3 is 33.9 Å². The smallest absolute Gasteiger partial charge is 0.258 e. The van der Waals surface area contributed by atoms with Gasteiger partial charge in [0.25, 0.3) is 11.8 Å². The SMILES string of the molecule is CC1(C)C(=O)N(c2ccc(C#N)c(Cl)c2-c2c(N3C(=O)C(C)(C)N(C4CCC(OCCOC5CCCCO5)CC4)C3=S)ccc(C#N)c2Cl)C(=S)N1C1CCC(OCCO)CC1. The molecule has 1 atom stereocenters. The first kappa shape index (κ1) is 46.5. The number of hydrogen-bond donors (Lipinski definition) is 1. The van der Waals surface area contributed by atoms with Crippen molar-refractivity contribution in [3.63, 3.8) is 0 Å². The molecule has 0 radical (unpaired) electrons. The number of anilines is 2. The number of halogens is 2. The lowest BCUT2D eigenvalue weighted by Crippen LogP contribution is -2.51. The van der Waals surface area contributed by atoms with Crippen LogP contribution in [0.5, 0.6) is 0 Å². The van der Waals surface area contributed by atoms with E-state index < -0.39 is 11.1 Å². The third kappa shape index (κ3) is 8.70. The molecule has 2 amide bonds. The molecule has 5 fully saturated rings. The number of nitrogens with zero attached hydrogens (tertiary/aromatic N) is 6. The number of aliphatic hydroxyl groups is 1. The predicted molar refractivity (Wildman–Crippen MR) is 244 cm³/mol. The summed E-state index contributed by atoms with van der Waals surface area (Å²) in [5.74, 6) is -0.625. The fraction of sp³-hybridized carbons (Fsp3) is 0.600. The van der Waals surface area contributed by atoms with E-state index >= 15 is 0 Å². The van der Waals surface area contributed by atoms with E-state index in [1.807, 2.05) is 37.5 Å². The first-order valence-corrected chi connectivity index (χ1v) is 23.1. The van der Waals surface area contributed by atoms with Crippen LogP contribution in [0.2, 0.25) is 10.0 Å². The van der Waals surface area contributed by atoms with Crippen LogP contribution in [0.25, 0.3) is 11.1 Å². The van der Waals surface area contributed by atoms with E-state index in [4.69, 9.17) is 66.6 Å². The van der Waals surface area contributed by atoms with Crippen LogP contribution in [0.1, 0.15) is 109 Å². The first-order chi connectivity index (χ1) is 29.7. The van der Waals surface area contributed by atoms with E-state index in [-0.39, 0.29) is 110 Å². The summed E-state index contributed by atoms with van der Waals surface area (Å²) in [5.41, 5.74) is -1.11. The van der Waals surface area contributed by atoms with Crippen molar-refractivity contribution < 1.29 is 33.6 Å². The number of thiocarbonyl (C=S) groups is 2. The molecule has 1 N–H and O–H groups in total. The Morgan fingerprint density at radius 3 is 1.53 bits per heavy atom. The van der Waals surface area contributed by atoms with Crippen LogP contribution in [0.15, 0.2) is 24.3 Å². The Balaban J connectivity index is 1.20. The molecule has 62 heavy (non-hydrogen) atoms. The standard InChI is InChI=1S/C45H54Cl2N6O7S2/c1-44(2)40(55)50(42(61)52(44)29-10-14-31(15-11-29)57-22-20-54)33-18-8-27(25-48)38(46)36(33)37-34(19-9-28(26-49)39(37)47)51-41(56)45(3,4)53(43(51)62)30-12-16-32(17-13-30)58-23-24-60-35-7-5-6-21-59-35/h8-9,18-19,29-32,35,54H,5-7,10-17,20-24H2,1-4H3. The largest absolute Gasteiger partial charge is 0.394 e. The minimum atomic E-state index is -1.07. The molecule has 13 nitrogen and oxygen atoms in total. The number of nitriles is 2. The maximum absolute atomic E-state index is 14.8. The van der Waals surface area contributed by atoms with Gasteiger partial charge in [0.1, 0.15) is 23.2 Å². The molecule has 3 aliphatic heterocycles. The summed E-state index contributed by atoms with van der Waals surface area (Å²) >= 11 is 26.8. The summed E-state index contributed by atoms with van der Waals surface area (Å²) in [7, 11) is 0. The van der Waals surface area contributed by atoms with Crippen molar-refractivity contribution in [1.29, 1.82) is 10.5 Å². The number of carbonyl (C=O) groups is 2. The van der Waals surface area contributed by atoms with E-state index in [9.17, 15) is 25.2 Å². The van der Waals surface area contributed by atoms with Gasteiger partial charge in [0.2, 0.25) is 0 Å². The molecular formula is C45H54Cl2N6O7S2. The van der Waals surface area contributed by atoms with Gasteiger partial charge in [-0.2, -0.15) is 10.5 Å². The fourth-order valence-corrected chi connectivity index (χ4v) is 11.5. The number of ether oxygens (including phenoxy) is 4. The predicted octanol–water partition coefficient (Wildman–Crippen LogP) is 8.02. The molecule has 2 aromatic carbocycles. The second-order valence-electron chi connectivity index (χ2n) is 17.6. The van der Waals surface area contributed by atoms with Crippen LogP contribution in [-0.4, -0.2) is 112 Å². The lowest BCUT2D eigenvalue weighted by atomic mass is 9.89. The second kappa shape index (κ2) is 19.3. The third-order valence-electron chi connectivity index (χ3n) is 13.0. The molecular weight excluding hydrogens is 872 g/mol. The minimum absolute atomic E-state index is 0.00274. The van der Waals surface area contributed by atoms with E-state index in [1.54, 1.807) is 12.1 Å². The number of carbonyl (C=O) groups excluding carboxylic acids is 2. The molecule has 2 saturated carbocycles. The quantitative estimate of drug-likeness (QED) is 0.153. The van der Waals surface area contributed by atoms with Crippen LogP contribution in [0.4, 0.5) is 11.4 Å². The molecule has 332 valence electrons. The Hall–Kier alpha value is -3.48. The monoisotopic (exact) mass is 924 g/mol. The third-order valence-corrected chi connectivity index (χ3v) is 14.5. The van der Waals surface area contributed by atoms with Gasteiger partial charge in [0, 0.05) is 29.8 Å². The van der Waals surface area contributed by atoms with Crippen LogP contribution in [-0.2, 0) is 28.5 Å². The zero-order valence-electron chi connectivity index (χ0n) is 35.7. The summed E-state index contributed by atoms with van der Waals surface area (Å²) < 4.78 is 23.6. The van der Waals surface area contributed by atoms with Gasteiger partial charge in [0.05, 0.1) is 71.2 Å². The Bertz CT molecular complexity index is 2160. The van der Waals surface area contributed by atoms with Gasteiger partial charge in [-0.1, -0.05) is 23.2 Å². The van der Waals surface area contributed by atoms with Gasteiger partial charge in [0.15, 0.2) is 16.5 Å². The van der Waals surface area contributed by atoms with Gasteiger partial charge in [-0.3, -0.25) is 19.4 Å². The molecule has 5 aliphatic rings. The number of benzene rings is 2. The first-order valence-electron chi connectivity index (χ1n) is 21.6. The maximum Gasteiger partial charge on any atom is 0.258 e. The molecule has 3 heterocycles. The molecule has 0 bridgehead atoms. The fourth-order valence-electron chi connectivity index (χ4n) is 9.82. The Morgan fingerprint density at radius 1 is 0.694 bits per heavy atom. The number of amides is 2. The zero-order valence-corrected chi connectivity index (χ0v) is 38.8. The highest BCUT2D eigenvalue weighted by Gasteiger charge is 2.55. The molecule has 0 aromatic heterocycles. The van der Waals surface area contributed by atoms with Crippen LogP contribution in [0.3, 0.4) is 0 Å². The maximum atomic E-state index is 14.8. The highest BCUT2D eigenvalue weighted by atomic mass is 35.5. The lowest BCUT2D eigenvalue weighted by Gasteiger charge is -2.40. The number of hydrogen-bond acceptors (Lipinski definition) is 11. The Kier molecular flexibility index (Phi) is 14.5. The van der Waals surface area contributed by atoms with Gasteiger partial charge >= 0.3 is 0 Å². The van der Waals surface area contributed by atoms with Crippen molar-refractivity contribution in [3.05, 3.63) is 45.4 Å². The normalized spacial score (nSPS) is 26.3. The van der Waals surface area contributed by atoms with Gasteiger partial charge in [-0.15, -0.1) is 0 Å². The zero-order chi connectivity index (χ0) is 44.5.